The molecular weight excluding hydrogens is 146 g/mol. The lowest BCUT2D eigenvalue weighted by atomic mass is 10.3. The van der Waals surface area contributed by atoms with Crippen molar-refractivity contribution in [1.29, 1.82) is 0 Å². The monoisotopic (exact) mass is 163 g/mol. The van der Waals surface area contributed by atoms with Crippen LogP contribution in [0, 0.1) is 0 Å². The zero-order chi connectivity index (χ0) is 7.82. The highest BCUT2D eigenvalue weighted by atomic mass is 32.2. The van der Waals surface area contributed by atoms with Crippen LogP contribution in [0.4, 0.5) is 0 Å². The first-order chi connectivity index (χ1) is 4.81. The summed E-state index contributed by atoms with van der Waals surface area (Å²) in [4.78, 5) is 0. The van der Waals surface area contributed by atoms with Gasteiger partial charge in [-0.2, -0.15) is 0 Å². The Labute approximate surface area is 65.6 Å². The zero-order valence-corrected chi connectivity index (χ0v) is 7.45. The summed E-state index contributed by atoms with van der Waals surface area (Å²) in [6, 6.07) is 0. The van der Waals surface area contributed by atoms with Crippen LogP contribution in [0.25, 0.3) is 0 Å². The maximum absolute atomic E-state index is 11.0. The van der Waals surface area contributed by atoms with E-state index in [1.807, 2.05) is 0 Å². The Bertz CT molecular complexity index is 95.6. The summed E-state index contributed by atoms with van der Waals surface area (Å²) in [5.41, 5.74) is 5.29. The number of nitrogens with two attached hydrogens (primary N) is 1. The minimum Gasteiger partial charge on any atom is -0.330 e. The van der Waals surface area contributed by atoms with Gasteiger partial charge in [0.25, 0.3) is 0 Å². The second-order valence-corrected chi connectivity index (χ2v) is 4.04. The molecule has 0 spiro atoms. The summed E-state index contributed by atoms with van der Waals surface area (Å²) in [5, 5.41) is 0. The average molecular weight is 163 g/mol. The number of unbranched alkanes of at least 4 members (excludes halogenated alkanes) is 1. The van der Waals surface area contributed by atoms with Gasteiger partial charge in [0.05, 0.1) is 0 Å². The van der Waals surface area contributed by atoms with Crippen molar-refractivity contribution in [3.63, 3.8) is 0 Å². The summed E-state index contributed by atoms with van der Waals surface area (Å²) in [6.45, 7) is 2.78. The second kappa shape index (κ2) is 7.22. The molecule has 0 fully saturated rings. The van der Waals surface area contributed by atoms with Gasteiger partial charge in [-0.25, -0.2) is 0 Å². The molecule has 0 aliphatic heterocycles. The Morgan fingerprint density at radius 3 is 2.50 bits per heavy atom. The largest absolute Gasteiger partial charge is 0.330 e. The fraction of sp³-hybridized carbons (Fsp3) is 1.00. The predicted molar refractivity (Wildman–Crippen MR) is 46.5 cm³/mol. The molecule has 2 nitrogen and oxygen atoms in total. The number of rotatable bonds is 6. The molecule has 1 atom stereocenters. The quantitative estimate of drug-likeness (QED) is 0.591. The van der Waals surface area contributed by atoms with Gasteiger partial charge < -0.3 is 5.73 Å². The minimum atomic E-state index is -0.577. The van der Waals surface area contributed by atoms with E-state index >= 15 is 0 Å². The van der Waals surface area contributed by atoms with Crippen molar-refractivity contribution in [3.05, 3.63) is 0 Å². The van der Waals surface area contributed by atoms with Crippen LogP contribution in [-0.4, -0.2) is 22.3 Å². The van der Waals surface area contributed by atoms with Gasteiger partial charge >= 0.3 is 0 Å². The number of hydrogen-bond acceptors (Lipinski definition) is 2. The third kappa shape index (κ3) is 6.23. The van der Waals surface area contributed by atoms with E-state index in [-0.39, 0.29) is 0 Å². The van der Waals surface area contributed by atoms with Crippen molar-refractivity contribution >= 4 is 10.8 Å². The van der Waals surface area contributed by atoms with E-state index < -0.39 is 10.8 Å². The Morgan fingerprint density at radius 1 is 1.30 bits per heavy atom. The summed E-state index contributed by atoms with van der Waals surface area (Å²) in [6.07, 6.45) is 3.05. The molecule has 0 radical (unpaired) electrons. The average Bonchev–Trinajstić information content (AvgIpc) is 1.89. The SMILES string of the molecule is CCCS(=O)CCCCN. The fourth-order valence-corrected chi connectivity index (χ4v) is 1.92. The van der Waals surface area contributed by atoms with Gasteiger partial charge in [0.15, 0.2) is 0 Å². The molecule has 10 heavy (non-hydrogen) atoms. The molecule has 1 unspecified atom stereocenters. The molecule has 0 aliphatic rings. The molecule has 0 heterocycles. The van der Waals surface area contributed by atoms with Gasteiger partial charge in [-0.05, 0) is 25.8 Å². The zero-order valence-electron chi connectivity index (χ0n) is 6.64. The summed E-state index contributed by atoms with van der Waals surface area (Å²) >= 11 is 0. The van der Waals surface area contributed by atoms with E-state index in [1.165, 1.54) is 0 Å². The molecule has 0 saturated carbocycles. The molecule has 0 amide bonds. The van der Waals surface area contributed by atoms with Crippen LogP contribution in [0.3, 0.4) is 0 Å². The van der Waals surface area contributed by atoms with Gasteiger partial charge in [-0.3, -0.25) is 4.21 Å². The standard InChI is InChI=1S/C7H17NOS/c1-2-6-10(9)7-4-3-5-8/h2-8H2,1H3. The van der Waals surface area contributed by atoms with Gasteiger partial charge in [-0.15, -0.1) is 0 Å². The van der Waals surface area contributed by atoms with Gasteiger partial charge in [-0.1, -0.05) is 6.92 Å². The van der Waals surface area contributed by atoms with Crippen molar-refractivity contribution in [1.82, 2.24) is 0 Å². The second-order valence-electron chi connectivity index (χ2n) is 2.34. The van der Waals surface area contributed by atoms with Crippen LogP contribution in [0.5, 0.6) is 0 Å². The summed E-state index contributed by atoms with van der Waals surface area (Å²) < 4.78 is 11.0. The number of hydrogen-bond donors (Lipinski definition) is 1. The highest BCUT2D eigenvalue weighted by molar-refractivity contribution is 7.84. The molecule has 0 saturated heterocycles. The highest BCUT2D eigenvalue weighted by Gasteiger charge is 1.95. The van der Waals surface area contributed by atoms with E-state index in [2.05, 4.69) is 6.92 Å². The molecule has 0 bridgehead atoms. The summed E-state index contributed by atoms with van der Waals surface area (Å²) in [7, 11) is -0.577. The minimum absolute atomic E-state index is 0.577. The van der Waals surface area contributed by atoms with E-state index in [0.717, 1.165) is 37.3 Å². The smallest absolute Gasteiger partial charge is 0.0235 e. The van der Waals surface area contributed by atoms with Crippen LogP contribution >= 0.6 is 0 Å². The van der Waals surface area contributed by atoms with Crippen molar-refractivity contribution in [3.8, 4) is 0 Å². The van der Waals surface area contributed by atoms with Crippen LogP contribution in [0.1, 0.15) is 26.2 Å². The molecular formula is C7H17NOS. The fourth-order valence-electron chi connectivity index (χ4n) is 0.737. The first-order valence-electron chi connectivity index (χ1n) is 3.86. The molecule has 0 rings (SSSR count). The Balaban J connectivity index is 3.05. The van der Waals surface area contributed by atoms with Gasteiger partial charge in [0.2, 0.25) is 0 Å². The van der Waals surface area contributed by atoms with Crippen molar-refractivity contribution in [2.45, 2.75) is 26.2 Å². The maximum atomic E-state index is 11.0. The van der Waals surface area contributed by atoms with Crippen LogP contribution in [-0.2, 0) is 10.8 Å². The Morgan fingerprint density at radius 2 is 2.00 bits per heavy atom. The molecule has 0 aliphatic carbocycles. The lowest BCUT2D eigenvalue weighted by Gasteiger charge is -1.97. The van der Waals surface area contributed by atoms with E-state index in [9.17, 15) is 4.21 Å². The van der Waals surface area contributed by atoms with E-state index in [4.69, 9.17) is 5.73 Å². The van der Waals surface area contributed by atoms with Crippen molar-refractivity contribution < 1.29 is 4.21 Å². The molecule has 3 heteroatoms. The van der Waals surface area contributed by atoms with Crippen LogP contribution in [0.2, 0.25) is 0 Å². The predicted octanol–water partition coefficient (Wildman–Crippen LogP) is 0.884. The van der Waals surface area contributed by atoms with Crippen LogP contribution in [0.15, 0.2) is 0 Å². The highest BCUT2D eigenvalue weighted by Crippen LogP contribution is 1.93. The first-order valence-corrected chi connectivity index (χ1v) is 5.35. The molecule has 0 aromatic rings. The molecule has 62 valence electrons. The topological polar surface area (TPSA) is 43.1 Å². The third-order valence-corrected chi connectivity index (χ3v) is 2.87. The van der Waals surface area contributed by atoms with Crippen molar-refractivity contribution in [2.75, 3.05) is 18.1 Å². The van der Waals surface area contributed by atoms with Gasteiger partial charge in [0, 0.05) is 22.3 Å². The molecule has 2 N–H and O–H groups in total. The van der Waals surface area contributed by atoms with E-state index in [0.29, 0.717) is 0 Å². The Hall–Kier alpha value is 0.110. The lowest BCUT2D eigenvalue weighted by molar-refractivity contribution is 0.676. The lowest BCUT2D eigenvalue weighted by Crippen LogP contribution is -2.05. The normalized spacial score (nSPS) is 13.4. The van der Waals surface area contributed by atoms with Crippen LogP contribution < -0.4 is 5.73 Å². The maximum Gasteiger partial charge on any atom is 0.0235 e. The van der Waals surface area contributed by atoms with E-state index in [1.54, 1.807) is 0 Å². The summed E-state index contributed by atoms with van der Waals surface area (Å²) in [5.74, 6) is 1.69. The van der Waals surface area contributed by atoms with Gasteiger partial charge in [0.1, 0.15) is 0 Å². The molecule has 0 aromatic heterocycles. The Kier molecular flexibility index (Phi) is 7.30. The third-order valence-electron chi connectivity index (χ3n) is 1.26. The molecule has 0 aromatic carbocycles. The first kappa shape index (κ1) is 10.1. The van der Waals surface area contributed by atoms with Crippen molar-refractivity contribution in [2.24, 2.45) is 5.73 Å².